The molecule has 0 unspecified atom stereocenters. The Morgan fingerprint density at radius 3 is 1.27 bits per heavy atom. The Bertz CT molecular complexity index is 7080. The molecule has 0 spiro atoms. The number of carbonyl (C=O) groups excluding carboxylic acids is 2. The monoisotopic (exact) mass is 1660 g/mol. The number of para-hydroxylation sites is 5. The zero-order valence-corrected chi connectivity index (χ0v) is 70.8. The molecule has 0 aliphatic carbocycles. The molecule has 0 saturated carbocycles. The number of hydrogen-bond acceptors (Lipinski definition) is 15. The molecule has 17 rings (SSSR count). The lowest BCUT2D eigenvalue weighted by Crippen LogP contribution is -2.10. The van der Waals surface area contributed by atoms with Crippen molar-refractivity contribution < 1.29 is 32.2 Å². The highest BCUT2D eigenvalue weighted by molar-refractivity contribution is 6.08. The minimum absolute atomic E-state index is 0.00570. The standard InChI is InChI=1S/C21H19NO.C20H22O.2C17H13N3O.C15H9F3N2O.C15H12N2O/c1-14-12-18(13-15(2)16(14)3)21(23)11-10-19-9-8-17-6-4-5-7-20(17)22-19;1-13-6-7-18(16(4)10-13)8-9-20(21)19-11-14(2)17(5)15(3)12-19;1-12-5-4-6-13(11-12)16-19-15-8-3-2-7-14(15)17(20-16)21-10-9-18;1-12-6-8-13(9-7-12)16-19-15-5-3-2-4-14(15)17(20-16)21-11-10-18;16-15(17,18)10-5-3-4-9(8-10)13-19-12-7-2-1-6-11(12)14(21)20-13;1-10-6-8-11(9-7-10)14-16-13-5-3-2-4-12(13)15(18)17-14/h4-13H,1-3H3;6-12H,1-5H3;2-8,11H,10H2,1H3;2-9H,11H2,1H3;1-8H,(H,19,20,21);2-9H,1H3,(H,16,17,18)/b11-10+;9-8+;;;;. The number of hydrogen-bond donors (Lipinski definition) is 2. The van der Waals surface area contributed by atoms with Gasteiger partial charge in [-0.25, -0.2) is 24.9 Å². The van der Waals surface area contributed by atoms with Gasteiger partial charge in [0, 0.05) is 38.8 Å². The average Bonchev–Trinajstić information content (AvgIpc) is 0.802. The minimum atomic E-state index is -4.44. The van der Waals surface area contributed by atoms with Gasteiger partial charge in [-0.2, -0.15) is 33.7 Å². The molecule has 20 heteroatoms. The van der Waals surface area contributed by atoms with E-state index in [1.807, 2.05) is 267 Å². The molecule has 0 saturated heterocycles. The second kappa shape index (κ2) is 41.0. The zero-order chi connectivity index (χ0) is 88.8. The van der Waals surface area contributed by atoms with E-state index in [2.05, 4.69) is 90.7 Å². The third kappa shape index (κ3) is 23.2. The lowest BCUT2D eigenvalue weighted by Gasteiger charge is -2.08. The van der Waals surface area contributed by atoms with Gasteiger partial charge in [0.05, 0.1) is 60.4 Å². The van der Waals surface area contributed by atoms with Crippen LogP contribution in [0.25, 0.3) is 112 Å². The van der Waals surface area contributed by atoms with Crippen LogP contribution in [0.1, 0.15) is 98.7 Å². The number of ketones is 2. The van der Waals surface area contributed by atoms with Crippen LogP contribution in [0.3, 0.4) is 0 Å². The predicted octanol–water partition coefficient (Wildman–Crippen LogP) is 23.7. The van der Waals surface area contributed by atoms with Gasteiger partial charge in [0.15, 0.2) is 36.4 Å². The largest absolute Gasteiger partial charge is 0.462 e. The van der Waals surface area contributed by atoms with E-state index in [1.54, 1.807) is 48.6 Å². The molecule has 12 aromatic carbocycles. The number of nitrogens with one attached hydrogen (secondary N) is 2. The summed E-state index contributed by atoms with van der Waals surface area (Å²) in [5, 5.41) is 21.1. The van der Waals surface area contributed by atoms with Crippen LogP contribution in [0.2, 0.25) is 0 Å². The number of fused-ring (bicyclic) bond motifs is 5. The highest BCUT2D eigenvalue weighted by atomic mass is 19.4. The van der Waals surface area contributed by atoms with Gasteiger partial charge < -0.3 is 19.4 Å². The number of nitrogens with zero attached hydrogens (tertiary/aromatic N) is 9. The minimum Gasteiger partial charge on any atom is -0.462 e. The number of aromatic nitrogens is 9. The van der Waals surface area contributed by atoms with Gasteiger partial charge in [0.25, 0.3) is 11.1 Å². The molecule has 0 atom stereocenters. The van der Waals surface area contributed by atoms with Gasteiger partial charge in [-0.1, -0.05) is 198 Å². The number of aryl methyl sites for hydroxylation is 9. The molecular formula is C105H88F3N11O6. The van der Waals surface area contributed by atoms with Gasteiger partial charge >= 0.3 is 6.18 Å². The van der Waals surface area contributed by atoms with Crippen molar-refractivity contribution in [2.45, 2.75) is 82.3 Å². The fraction of sp³-hybridized carbons (Fsp3) is 0.133. The van der Waals surface area contributed by atoms with Crippen molar-refractivity contribution in [1.29, 1.82) is 10.5 Å². The first-order valence-electron chi connectivity index (χ1n) is 40.1. The second-order valence-corrected chi connectivity index (χ2v) is 29.8. The lowest BCUT2D eigenvalue weighted by molar-refractivity contribution is -0.137. The van der Waals surface area contributed by atoms with E-state index in [0.29, 0.717) is 45.5 Å². The van der Waals surface area contributed by atoms with Gasteiger partial charge in [-0.3, -0.25) is 19.2 Å². The van der Waals surface area contributed by atoms with Crippen molar-refractivity contribution in [3.05, 3.63) is 395 Å². The van der Waals surface area contributed by atoms with Crippen molar-refractivity contribution in [2.24, 2.45) is 0 Å². The Hall–Kier alpha value is -15.8. The molecule has 620 valence electrons. The average molecular weight is 1660 g/mol. The molecule has 0 bridgehead atoms. The van der Waals surface area contributed by atoms with Crippen LogP contribution in [0.4, 0.5) is 13.2 Å². The summed E-state index contributed by atoms with van der Waals surface area (Å²) < 4.78 is 49.1. The second-order valence-electron chi connectivity index (χ2n) is 29.8. The van der Waals surface area contributed by atoms with Crippen LogP contribution in [-0.2, 0) is 6.18 Å². The number of halogens is 3. The molecule has 5 aromatic heterocycles. The quantitative estimate of drug-likeness (QED) is 0.0758. The van der Waals surface area contributed by atoms with E-state index < -0.39 is 11.7 Å². The summed E-state index contributed by atoms with van der Waals surface area (Å²) in [4.78, 5) is 85.2. The lowest BCUT2D eigenvalue weighted by atomic mass is 9.98. The SMILES string of the molecule is Cc1cc(C(=O)/C=C/c2ccc3ccccc3n2)cc(C)c1C.Cc1ccc(-c2nc(OCC#N)c3ccccc3n2)cc1.Cc1ccc(-c2nc3ccccc3c(=O)[nH]2)cc1.Cc1ccc(/C=C/C(=O)c2cc(C)c(C)c(C)c2)c(C)c1.Cc1cccc(-c2nc(OCC#N)c3ccccc3n2)c1.O=c1[nH]c(-c2cccc(C(F)(F)F)c2)nc2ccccc12. The number of aromatic amines is 2. The Labute approximate surface area is 721 Å². The summed E-state index contributed by atoms with van der Waals surface area (Å²) in [6.07, 6.45) is 2.51. The van der Waals surface area contributed by atoms with Gasteiger partial charge in [-0.15, -0.1) is 0 Å². The van der Waals surface area contributed by atoms with Crippen molar-refractivity contribution in [3.8, 4) is 69.4 Å². The third-order valence-corrected chi connectivity index (χ3v) is 20.6. The highest BCUT2D eigenvalue weighted by Gasteiger charge is 2.31. The van der Waals surface area contributed by atoms with Gasteiger partial charge in [0.1, 0.15) is 23.8 Å². The predicted molar refractivity (Wildman–Crippen MR) is 493 cm³/mol. The van der Waals surface area contributed by atoms with E-state index in [4.69, 9.17) is 20.0 Å². The maximum absolute atomic E-state index is 12.7. The Morgan fingerprint density at radius 1 is 0.368 bits per heavy atom. The van der Waals surface area contributed by atoms with Crippen LogP contribution >= 0.6 is 0 Å². The number of pyridine rings is 1. The van der Waals surface area contributed by atoms with E-state index in [1.165, 1.54) is 56.6 Å². The number of nitriles is 2. The number of H-pyrrole nitrogens is 2. The third-order valence-electron chi connectivity index (χ3n) is 20.6. The van der Waals surface area contributed by atoms with Crippen LogP contribution < -0.4 is 20.6 Å². The molecule has 2 N–H and O–H groups in total. The van der Waals surface area contributed by atoms with E-state index in [9.17, 15) is 32.3 Å². The summed E-state index contributed by atoms with van der Waals surface area (Å²) in [5.74, 6) is 2.87. The van der Waals surface area contributed by atoms with Crippen molar-refractivity contribution in [2.75, 3.05) is 13.2 Å². The van der Waals surface area contributed by atoms with Crippen LogP contribution in [0.15, 0.2) is 295 Å². The fourth-order valence-electron chi connectivity index (χ4n) is 13.3. The summed E-state index contributed by atoms with van der Waals surface area (Å²) in [5.41, 5.74) is 21.8. The summed E-state index contributed by atoms with van der Waals surface area (Å²) >= 11 is 0. The van der Waals surface area contributed by atoms with E-state index >= 15 is 0 Å². The maximum Gasteiger partial charge on any atom is 0.416 e. The fourth-order valence-corrected chi connectivity index (χ4v) is 13.3. The summed E-state index contributed by atoms with van der Waals surface area (Å²) in [6.45, 7) is 22.5. The number of allylic oxidation sites excluding steroid dienone is 2. The highest BCUT2D eigenvalue weighted by Crippen LogP contribution is 2.33. The maximum atomic E-state index is 12.7. The molecular weight excluding hydrogens is 1570 g/mol. The van der Waals surface area contributed by atoms with Crippen molar-refractivity contribution in [3.63, 3.8) is 0 Å². The summed E-state index contributed by atoms with van der Waals surface area (Å²) in [6, 6.07) is 87.8. The number of benzene rings is 12. The first-order valence-corrected chi connectivity index (χ1v) is 40.1. The Kier molecular flexibility index (Phi) is 29.0. The first kappa shape index (κ1) is 88.5. The van der Waals surface area contributed by atoms with Gasteiger partial charge in [-0.05, 0) is 242 Å². The molecule has 125 heavy (non-hydrogen) atoms. The van der Waals surface area contributed by atoms with Crippen LogP contribution in [0, 0.1) is 98.8 Å². The molecule has 17 aromatic rings. The molecule has 17 nitrogen and oxygen atoms in total. The number of ether oxygens (including phenoxy) is 2. The number of carbonyl (C=O) groups is 2. The molecule has 0 aliphatic rings. The Balaban J connectivity index is 0.000000137. The van der Waals surface area contributed by atoms with Crippen LogP contribution in [-0.4, -0.2) is 69.6 Å². The number of rotatable bonds is 14. The van der Waals surface area contributed by atoms with Gasteiger partial charge in [0.2, 0.25) is 11.8 Å². The smallest absolute Gasteiger partial charge is 0.416 e. The molecule has 0 aliphatic heterocycles. The first-order chi connectivity index (χ1) is 60.2. The molecule has 0 amide bonds. The molecule has 0 fully saturated rings. The summed E-state index contributed by atoms with van der Waals surface area (Å²) in [7, 11) is 0. The van der Waals surface area contributed by atoms with Crippen LogP contribution in [0.5, 0.6) is 11.8 Å². The van der Waals surface area contributed by atoms with Crippen molar-refractivity contribution in [1.82, 2.24) is 44.9 Å². The molecule has 5 heterocycles. The van der Waals surface area contributed by atoms with Crippen molar-refractivity contribution >= 4 is 78.2 Å². The Morgan fingerprint density at radius 2 is 0.784 bits per heavy atom. The van der Waals surface area contributed by atoms with E-state index in [-0.39, 0.29) is 47.3 Å². The molecule has 0 radical (unpaired) electrons. The zero-order valence-electron chi connectivity index (χ0n) is 70.8. The van der Waals surface area contributed by atoms with E-state index in [0.717, 1.165) is 106 Å². The topological polar surface area (TPSA) is 256 Å². The number of alkyl halides is 3. The normalized spacial score (nSPS) is 10.9.